The largest absolute Gasteiger partial charge is 0.365 e. The Balaban J connectivity index is 1.82. The number of hydrogen-bond donors (Lipinski definition) is 2. The lowest BCUT2D eigenvalue weighted by Gasteiger charge is -2.03. The molecule has 0 aliphatic heterocycles. The molecule has 0 saturated heterocycles. The molecule has 5 nitrogen and oxygen atoms in total. The molecule has 2 heterocycles. The van der Waals surface area contributed by atoms with E-state index < -0.39 is 0 Å². The fourth-order valence-electron chi connectivity index (χ4n) is 1.43. The summed E-state index contributed by atoms with van der Waals surface area (Å²) in [5.74, 6) is -0.0354. The molecule has 0 saturated carbocycles. The van der Waals surface area contributed by atoms with Crippen LogP contribution in [0.4, 0.5) is 5.13 Å². The van der Waals surface area contributed by atoms with E-state index in [1.807, 2.05) is 24.6 Å². The zero-order chi connectivity index (χ0) is 12.8. The van der Waals surface area contributed by atoms with Gasteiger partial charge in [0.15, 0.2) is 5.13 Å². The third-order valence-electron chi connectivity index (χ3n) is 2.32. The first-order valence-electron chi connectivity index (χ1n) is 5.55. The van der Waals surface area contributed by atoms with Gasteiger partial charge in [-0.2, -0.15) is 0 Å². The zero-order valence-electron chi connectivity index (χ0n) is 10.0. The summed E-state index contributed by atoms with van der Waals surface area (Å²) in [5, 5.41) is 8.49. The van der Waals surface area contributed by atoms with E-state index in [-0.39, 0.29) is 5.91 Å². The number of carbonyl (C=O) groups excluding carboxylic acids is 1. The number of aromatic nitrogens is 2. The van der Waals surface area contributed by atoms with E-state index in [2.05, 4.69) is 20.6 Å². The van der Waals surface area contributed by atoms with E-state index in [0.29, 0.717) is 13.0 Å². The van der Waals surface area contributed by atoms with Gasteiger partial charge < -0.3 is 10.6 Å². The van der Waals surface area contributed by atoms with Crippen LogP contribution in [0.25, 0.3) is 0 Å². The van der Waals surface area contributed by atoms with Crippen molar-refractivity contribution in [1.29, 1.82) is 0 Å². The number of amides is 1. The van der Waals surface area contributed by atoms with E-state index in [0.717, 1.165) is 16.4 Å². The van der Waals surface area contributed by atoms with Crippen molar-refractivity contribution in [3.05, 3.63) is 41.2 Å². The number of hydrogen-bond acceptors (Lipinski definition) is 5. The molecule has 2 aromatic rings. The first kappa shape index (κ1) is 12.5. The molecule has 18 heavy (non-hydrogen) atoms. The van der Waals surface area contributed by atoms with Gasteiger partial charge in [-0.1, -0.05) is 6.07 Å². The molecule has 0 bridgehead atoms. The number of nitrogens with zero attached hydrogens (tertiary/aromatic N) is 2. The second-order valence-electron chi connectivity index (χ2n) is 3.71. The highest BCUT2D eigenvalue weighted by atomic mass is 32.1. The molecule has 0 radical (unpaired) electrons. The van der Waals surface area contributed by atoms with Crippen molar-refractivity contribution in [2.45, 2.75) is 13.0 Å². The maximum absolute atomic E-state index is 11.7. The van der Waals surface area contributed by atoms with Crippen LogP contribution >= 0.6 is 11.3 Å². The average Bonchev–Trinajstić information content (AvgIpc) is 2.85. The Kier molecular flexibility index (Phi) is 4.25. The van der Waals surface area contributed by atoms with Crippen LogP contribution in [0, 0.1) is 0 Å². The predicted molar refractivity (Wildman–Crippen MR) is 71.4 cm³/mol. The van der Waals surface area contributed by atoms with Gasteiger partial charge in [-0.25, -0.2) is 4.98 Å². The Morgan fingerprint density at radius 1 is 1.50 bits per heavy atom. The predicted octanol–water partition coefficient (Wildman–Crippen LogP) is 1.44. The summed E-state index contributed by atoms with van der Waals surface area (Å²) in [6.07, 6.45) is 3.75. The van der Waals surface area contributed by atoms with E-state index in [4.69, 9.17) is 0 Å². The molecule has 0 atom stereocenters. The van der Waals surface area contributed by atoms with Crippen molar-refractivity contribution in [2.75, 3.05) is 12.4 Å². The number of carbonyl (C=O) groups is 1. The van der Waals surface area contributed by atoms with Gasteiger partial charge in [-0.15, -0.1) is 11.3 Å². The highest BCUT2D eigenvalue weighted by Gasteiger charge is 2.06. The lowest BCUT2D eigenvalue weighted by molar-refractivity contribution is -0.120. The van der Waals surface area contributed by atoms with Crippen LogP contribution in [-0.2, 0) is 17.8 Å². The topological polar surface area (TPSA) is 66.9 Å². The van der Waals surface area contributed by atoms with Gasteiger partial charge >= 0.3 is 0 Å². The maximum Gasteiger partial charge on any atom is 0.226 e. The fraction of sp³-hybridized carbons (Fsp3) is 0.250. The molecule has 2 rings (SSSR count). The second-order valence-corrected chi connectivity index (χ2v) is 4.57. The normalized spacial score (nSPS) is 10.1. The van der Waals surface area contributed by atoms with Gasteiger partial charge in [0, 0.05) is 31.4 Å². The van der Waals surface area contributed by atoms with Crippen LogP contribution in [0.2, 0.25) is 0 Å². The van der Waals surface area contributed by atoms with Crippen molar-refractivity contribution >= 4 is 22.4 Å². The fourth-order valence-corrected chi connectivity index (χ4v) is 2.10. The zero-order valence-corrected chi connectivity index (χ0v) is 10.8. The summed E-state index contributed by atoms with van der Waals surface area (Å²) in [4.78, 5) is 19.9. The highest BCUT2D eigenvalue weighted by molar-refractivity contribution is 7.13. The van der Waals surface area contributed by atoms with Crippen LogP contribution in [-0.4, -0.2) is 22.9 Å². The van der Waals surface area contributed by atoms with Crippen molar-refractivity contribution < 1.29 is 4.79 Å². The van der Waals surface area contributed by atoms with Crippen LogP contribution in [0.1, 0.15) is 11.3 Å². The minimum atomic E-state index is -0.0354. The monoisotopic (exact) mass is 262 g/mol. The quantitative estimate of drug-likeness (QED) is 0.855. The Labute approximate surface area is 109 Å². The molecule has 2 N–H and O–H groups in total. The summed E-state index contributed by atoms with van der Waals surface area (Å²) in [5.41, 5.74) is 1.77. The second kappa shape index (κ2) is 6.11. The van der Waals surface area contributed by atoms with Gasteiger partial charge in [0.05, 0.1) is 12.1 Å². The Bertz CT molecular complexity index is 512. The molecule has 1 amide bonds. The van der Waals surface area contributed by atoms with E-state index in [9.17, 15) is 4.79 Å². The van der Waals surface area contributed by atoms with E-state index >= 15 is 0 Å². The molecule has 0 unspecified atom stereocenters. The third kappa shape index (κ3) is 3.53. The molecule has 0 spiro atoms. The third-order valence-corrected chi connectivity index (χ3v) is 3.23. The van der Waals surface area contributed by atoms with Gasteiger partial charge in [0.1, 0.15) is 0 Å². The minimum Gasteiger partial charge on any atom is -0.365 e. The van der Waals surface area contributed by atoms with Crippen molar-refractivity contribution in [1.82, 2.24) is 15.3 Å². The van der Waals surface area contributed by atoms with Crippen LogP contribution in [0.15, 0.2) is 29.9 Å². The van der Waals surface area contributed by atoms with Crippen molar-refractivity contribution in [2.24, 2.45) is 0 Å². The average molecular weight is 262 g/mol. The molecule has 0 aromatic carbocycles. The van der Waals surface area contributed by atoms with Crippen LogP contribution < -0.4 is 10.6 Å². The van der Waals surface area contributed by atoms with Gasteiger partial charge in [0.25, 0.3) is 0 Å². The molecular weight excluding hydrogens is 248 g/mol. The minimum absolute atomic E-state index is 0.0354. The number of pyridine rings is 1. The Morgan fingerprint density at radius 3 is 3.06 bits per heavy atom. The summed E-state index contributed by atoms with van der Waals surface area (Å²) >= 11 is 1.49. The number of rotatable bonds is 5. The number of anilines is 1. The molecule has 0 aliphatic rings. The standard InChI is InChI=1S/C12H14N4OS/c1-13-12-16-10(8-18-12)5-11(17)15-7-9-3-2-4-14-6-9/h2-4,6,8H,5,7H2,1H3,(H,13,16)(H,15,17). The van der Waals surface area contributed by atoms with Gasteiger partial charge in [0.2, 0.25) is 5.91 Å². The number of nitrogens with one attached hydrogen (secondary N) is 2. The van der Waals surface area contributed by atoms with E-state index in [1.54, 1.807) is 12.4 Å². The lowest BCUT2D eigenvalue weighted by atomic mass is 10.2. The number of thiazole rings is 1. The summed E-state index contributed by atoms with van der Waals surface area (Å²) < 4.78 is 0. The van der Waals surface area contributed by atoms with Gasteiger partial charge in [-0.3, -0.25) is 9.78 Å². The highest BCUT2D eigenvalue weighted by Crippen LogP contribution is 2.14. The van der Waals surface area contributed by atoms with Crippen molar-refractivity contribution in [3.8, 4) is 0 Å². The van der Waals surface area contributed by atoms with Gasteiger partial charge in [-0.05, 0) is 11.6 Å². The molecule has 94 valence electrons. The molecule has 6 heteroatoms. The lowest BCUT2D eigenvalue weighted by Crippen LogP contribution is -2.24. The van der Waals surface area contributed by atoms with Crippen molar-refractivity contribution in [3.63, 3.8) is 0 Å². The smallest absolute Gasteiger partial charge is 0.226 e. The summed E-state index contributed by atoms with van der Waals surface area (Å²) in [6, 6.07) is 3.77. The van der Waals surface area contributed by atoms with E-state index in [1.165, 1.54) is 11.3 Å². The van der Waals surface area contributed by atoms with Crippen LogP contribution in [0.5, 0.6) is 0 Å². The molecule has 2 aromatic heterocycles. The Hall–Kier alpha value is -1.95. The first-order valence-corrected chi connectivity index (χ1v) is 6.43. The SMILES string of the molecule is CNc1nc(CC(=O)NCc2cccnc2)cs1. The molecule has 0 aliphatic carbocycles. The maximum atomic E-state index is 11.7. The Morgan fingerprint density at radius 2 is 2.39 bits per heavy atom. The van der Waals surface area contributed by atoms with Crippen LogP contribution in [0.3, 0.4) is 0 Å². The summed E-state index contributed by atoms with van der Waals surface area (Å²) in [6.45, 7) is 0.496. The first-order chi connectivity index (χ1) is 8.78. The summed E-state index contributed by atoms with van der Waals surface area (Å²) in [7, 11) is 1.81. The molecular formula is C12H14N4OS. The molecule has 0 fully saturated rings.